The van der Waals surface area contributed by atoms with Gasteiger partial charge in [0.15, 0.2) is 9.90 Å². The first-order valence-electron chi connectivity index (χ1n) is 8.86. The van der Waals surface area contributed by atoms with Gasteiger partial charge in [-0.05, 0) is 55.5 Å². The van der Waals surface area contributed by atoms with E-state index in [9.17, 15) is 4.79 Å². The van der Waals surface area contributed by atoms with Gasteiger partial charge in [0.25, 0.3) is 5.91 Å². The minimum absolute atomic E-state index is 0.281. The maximum atomic E-state index is 12.9. The summed E-state index contributed by atoms with van der Waals surface area (Å²) in [6, 6.07) is 17.2. The molecule has 0 bridgehead atoms. The number of methoxy groups -OCH3 is 1. The van der Waals surface area contributed by atoms with Crippen LogP contribution < -0.4 is 10.1 Å². The minimum atomic E-state index is -0.281. The summed E-state index contributed by atoms with van der Waals surface area (Å²) in [5.74, 6) is 0.504. The largest absolute Gasteiger partial charge is 0.497 e. The van der Waals surface area contributed by atoms with E-state index in [1.165, 1.54) is 11.3 Å². The van der Waals surface area contributed by atoms with Crippen LogP contribution >= 0.6 is 23.6 Å². The summed E-state index contributed by atoms with van der Waals surface area (Å²) in [6.45, 7) is 1.98. The molecule has 0 aliphatic carbocycles. The summed E-state index contributed by atoms with van der Waals surface area (Å²) in [4.78, 5) is 21.5. The molecule has 146 valence electrons. The van der Waals surface area contributed by atoms with Gasteiger partial charge in [-0.2, -0.15) is 0 Å². The minimum Gasteiger partial charge on any atom is -0.497 e. The highest BCUT2D eigenvalue weighted by Gasteiger charge is 2.17. The number of para-hydroxylation sites is 1. The maximum absolute atomic E-state index is 12.9. The smallest absolute Gasteiger partial charge is 0.276 e. The Morgan fingerprint density at radius 1 is 1.17 bits per heavy atom. The van der Waals surface area contributed by atoms with Crippen molar-refractivity contribution in [3.8, 4) is 22.7 Å². The second-order valence-electron chi connectivity index (χ2n) is 6.26. The Balaban J connectivity index is 1.61. The van der Waals surface area contributed by atoms with E-state index < -0.39 is 0 Å². The molecule has 4 rings (SSSR count). The van der Waals surface area contributed by atoms with Crippen LogP contribution in [0.4, 0.5) is 5.13 Å². The summed E-state index contributed by atoms with van der Waals surface area (Å²) in [6.07, 6.45) is 1.61. The highest BCUT2D eigenvalue weighted by Crippen LogP contribution is 2.31. The fraction of sp³-hybridized carbons (Fsp3) is 0.0952. The van der Waals surface area contributed by atoms with Crippen LogP contribution in [0.15, 0.2) is 60.8 Å². The van der Waals surface area contributed by atoms with Gasteiger partial charge in [0, 0.05) is 22.3 Å². The number of nitrogens with one attached hydrogen (secondary N) is 2. The number of benzene rings is 2. The number of aromatic amines is 1. The van der Waals surface area contributed by atoms with Crippen LogP contribution in [-0.2, 0) is 0 Å². The Morgan fingerprint density at radius 2 is 1.90 bits per heavy atom. The Labute approximate surface area is 176 Å². The summed E-state index contributed by atoms with van der Waals surface area (Å²) in [5, 5.41) is 3.42. The summed E-state index contributed by atoms with van der Waals surface area (Å²) < 4.78 is 7.36. The number of aryl methyl sites for hydroxylation is 1. The maximum Gasteiger partial charge on any atom is 0.276 e. The second kappa shape index (κ2) is 8.02. The number of imidazole rings is 1. The number of nitrogens with zero attached hydrogens (tertiary/aromatic N) is 2. The van der Waals surface area contributed by atoms with Gasteiger partial charge in [0.1, 0.15) is 11.4 Å². The van der Waals surface area contributed by atoms with Crippen molar-refractivity contribution in [2.75, 3.05) is 12.4 Å². The van der Waals surface area contributed by atoms with Gasteiger partial charge in [-0.3, -0.25) is 14.7 Å². The molecule has 0 atom stereocenters. The summed E-state index contributed by atoms with van der Waals surface area (Å²) in [7, 11) is 1.63. The fourth-order valence-electron chi connectivity index (χ4n) is 3.00. The number of H-pyrrole nitrogens is 1. The van der Waals surface area contributed by atoms with Crippen LogP contribution in [0.2, 0.25) is 0 Å². The first kappa shape index (κ1) is 19.1. The number of carbonyl (C=O) groups excluding carboxylic acids is 1. The highest BCUT2D eigenvalue weighted by atomic mass is 32.1. The van der Waals surface area contributed by atoms with Crippen molar-refractivity contribution in [3.63, 3.8) is 0 Å². The first-order valence-corrected chi connectivity index (χ1v) is 10.1. The Morgan fingerprint density at radius 3 is 2.59 bits per heavy atom. The Kier molecular flexibility index (Phi) is 5.28. The number of ether oxygens (including phenoxy) is 1. The van der Waals surface area contributed by atoms with E-state index in [1.807, 2.05) is 61.5 Å². The van der Waals surface area contributed by atoms with Gasteiger partial charge in [-0.1, -0.05) is 18.2 Å². The third-order valence-corrected chi connectivity index (χ3v) is 5.59. The van der Waals surface area contributed by atoms with Gasteiger partial charge < -0.3 is 9.72 Å². The molecule has 0 saturated carbocycles. The molecule has 8 heteroatoms. The molecule has 0 fully saturated rings. The van der Waals surface area contributed by atoms with E-state index in [0.717, 1.165) is 27.6 Å². The lowest BCUT2D eigenvalue weighted by Crippen LogP contribution is -2.16. The number of hydrogen-bond donors (Lipinski definition) is 2. The standard InChI is InChI=1S/C21H18N4O2S2/c1-13-18(14-8-10-16(27-2)11-9-14)23-20(29-13)24-19(26)17-12-22-21(28)25(17)15-6-4-3-5-7-15/h3-12H,1-2H3,(H,22,28)(H,23,24,26). The quantitative estimate of drug-likeness (QED) is 0.432. The van der Waals surface area contributed by atoms with E-state index in [-0.39, 0.29) is 5.91 Å². The lowest BCUT2D eigenvalue weighted by molar-refractivity contribution is 0.102. The molecule has 2 aromatic heterocycles. The molecule has 0 radical (unpaired) electrons. The van der Waals surface area contributed by atoms with Crippen LogP contribution in [0.3, 0.4) is 0 Å². The second-order valence-corrected chi connectivity index (χ2v) is 7.85. The molecule has 2 heterocycles. The Hall–Kier alpha value is -3.23. The molecule has 0 aliphatic rings. The number of hydrogen-bond acceptors (Lipinski definition) is 5. The van der Waals surface area contributed by atoms with E-state index in [4.69, 9.17) is 17.0 Å². The Bertz CT molecular complexity index is 1210. The molecule has 29 heavy (non-hydrogen) atoms. The number of anilines is 1. The monoisotopic (exact) mass is 422 g/mol. The van der Waals surface area contributed by atoms with Crippen molar-refractivity contribution >= 4 is 34.6 Å². The SMILES string of the molecule is COc1ccc(-c2nc(NC(=O)c3c[nH]c(=S)n3-c3ccccc3)sc2C)cc1. The molecule has 6 nitrogen and oxygen atoms in total. The summed E-state index contributed by atoms with van der Waals surface area (Å²) in [5.41, 5.74) is 3.04. The van der Waals surface area contributed by atoms with E-state index in [0.29, 0.717) is 15.6 Å². The lowest BCUT2D eigenvalue weighted by atomic mass is 10.1. The zero-order chi connectivity index (χ0) is 20.4. The van der Waals surface area contributed by atoms with Crippen LogP contribution in [0.5, 0.6) is 5.75 Å². The molecule has 0 saturated heterocycles. The van der Waals surface area contributed by atoms with Crippen LogP contribution in [0.1, 0.15) is 15.4 Å². The topological polar surface area (TPSA) is 71.9 Å². The molecular weight excluding hydrogens is 404 g/mol. The molecule has 1 amide bonds. The van der Waals surface area contributed by atoms with Crippen molar-refractivity contribution < 1.29 is 9.53 Å². The molecule has 0 unspecified atom stereocenters. The first-order chi connectivity index (χ1) is 14.1. The van der Waals surface area contributed by atoms with Gasteiger partial charge in [0.2, 0.25) is 0 Å². The molecule has 0 spiro atoms. The molecule has 2 aromatic carbocycles. The third-order valence-electron chi connectivity index (χ3n) is 4.40. The normalized spacial score (nSPS) is 10.7. The number of carbonyl (C=O) groups is 1. The predicted octanol–water partition coefficient (Wildman–Crippen LogP) is 5.23. The van der Waals surface area contributed by atoms with Crippen LogP contribution in [0.25, 0.3) is 16.9 Å². The van der Waals surface area contributed by atoms with Gasteiger partial charge in [-0.15, -0.1) is 11.3 Å². The molecule has 0 aliphatic heterocycles. The van der Waals surface area contributed by atoms with E-state index in [1.54, 1.807) is 17.9 Å². The number of rotatable bonds is 5. The number of aromatic nitrogens is 3. The zero-order valence-corrected chi connectivity index (χ0v) is 17.4. The zero-order valence-electron chi connectivity index (χ0n) is 15.8. The summed E-state index contributed by atoms with van der Waals surface area (Å²) >= 11 is 6.78. The molecule has 2 N–H and O–H groups in total. The average Bonchev–Trinajstić information content (AvgIpc) is 3.31. The van der Waals surface area contributed by atoms with Crippen LogP contribution in [-0.4, -0.2) is 27.6 Å². The van der Waals surface area contributed by atoms with Gasteiger partial charge in [0.05, 0.1) is 12.8 Å². The van der Waals surface area contributed by atoms with Crippen molar-refractivity contribution in [2.45, 2.75) is 6.92 Å². The molecular formula is C21H18N4O2S2. The van der Waals surface area contributed by atoms with Gasteiger partial charge >= 0.3 is 0 Å². The van der Waals surface area contributed by atoms with Crippen molar-refractivity contribution in [2.24, 2.45) is 0 Å². The van der Waals surface area contributed by atoms with Crippen molar-refractivity contribution in [1.29, 1.82) is 0 Å². The lowest BCUT2D eigenvalue weighted by Gasteiger charge is -2.07. The van der Waals surface area contributed by atoms with E-state index >= 15 is 0 Å². The fourth-order valence-corrected chi connectivity index (χ4v) is 4.09. The van der Waals surface area contributed by atoms with E-state index in [2.05, 4.69) is 15.3 Å². The van der Waals surface area contributed by atoms with Crippen molar-refractivity contribution in [3.05, 3.63) is 76.1 Å². The average molecular weight is 423 g/mol. The number of amides is 1. The third kappa shape index (κ3) is 3.85. The van der Waals surface area contributed by atoms with Crippen LogP contribution in [0, 0.1) is 11.7 Å². The number of thiazole rings is 1. The predicted molar refractivity (Wildman–Crippen MR) is 118 cm³/mol. The van der Waals surface area contributed by atoms with Gasteiger partial charge in [-0.25, -0.2) is 4.98 Å². The molecule has 4 aromatic rings. The van der Waals surface area contributed by atoms with Crippen molar-refractivity contribution in [1.82, 2.24) is 14.5 Å². The highest BCUT2D eigenvalue weighted by molar-refractivity contribution is 7.71.